The van der Waals surface area contributed by atoms with E-state index in [-0.39, 0.29) is 16.9 Å². The number of non-ortho nitro benzene ring substituents is 1. The molecule has 0 aromatic heterocycles. The summed E-state index contributed by atoms with van der Waals surface area (Å²) in [5, 5.41) is 22.5. The lowest BCUT2D eigenvalue weighted by Gasteiger charge is -2.27. The molecule has 0 radical (unpaired) electrons. The number of ketones is 1. The Kier molecular flexibility index (Phi) is 4.72. The van der Waals surface area contributed by atoms with Crippen molar-refractivity contribution in [1.29, 1.82) is 0 Å². The molecule has 1 aliphatic heterocycles. The van der Waals surface area contributed by atoms with E-state index >= 15 is 0 Å². The third-order valence-electron chi connectivity index (χ3n) is 4.50. The van der Waals surface area contributed by atoms with Gasteiger partial charge in [0.05, 0.1) is 16.3 Å². The number of nitrogens with zero attached hydrogens (tertiary/aromatic N) is 3. The normalized spacial score (nSPS) is 14.3. The summed E-state index contributed by atoms with van der Waals surface area (Å²) in [5.74, 6) is -0.0925. The molecule has 1 aliphatic rings. The van der Waals surface area contributed by atoms with Crippen molar-refractivity contribution in [2.75, 3.05) is 0 Å². The lowest BCUT2D eigenvalue weighted by molar-refractivity contribution is -0.384. The van der Waals surface area contributed by atoms with E-state index in [9.17, 15) is 20.1 Å². The molecule has 3 aromatic carbocycles. The molecule has 0 atom stereocenters. The highest BCUT2D eigenvalue weighted by molar-refractivity contribution is 6.13. The SMILES string of the molecule is O=C(/C=C1/c2ccccc2N=C(c2ccccc2)N1O)c1ccc([N+](=O)[O-])cc1. The fourth-order valence-corrected chi connectivity index (χ4v) is 3.05. The van der Waals surface area contributed by atoms with E-state index in [0.717, 1.165) is 5.06 Å². The zero-order valence-corrected chi connectivity index (χ0v) is 15.1. The summed E-state index contributed by atoms with van der Waals surface area (Å²) in [6.45, 7) is 0. The number of nitro groups is 1. The Morgan fingerprint density at radius 1 is 0.966 bits per heavy atom. The van der Waals surface area contributed by atoms with Gasteiger partial charge in [0.1, 0.15) is 0 Å². The van der Waals surface area contributed by atoms with E-state index in [2.05, 4.69) is 4.99 Å². The van der Waals surface area contributed by atoms with Gasteiger partial charge in [-0.05, 0) is 18.2 Å². The number of aliphatic imine (C=N–C) groups is 1. The van der Waals surface area contributed by atoms with Crippen molar-refractivity contribution < 1.29 is 14.9 Å². The van der Waals surface area contributed by atoms with Gasteiger partial charge in [-0.25, -0.2) is 10.1 Å². The third kappa shape index (κ3) is 3.54. The first-order chi connectivity index (χ1) is 14.0. The zero-order valence-electron chi connectivity index (χ0n) is 15.1. The Labute approximate surface area is 166 Å². The van der Waals surface area contributed by atoms with Gasteiger partial charge in [0.25, 0.3) is 5.69 Å². The summed E-state index contributed by atoms with van der Waals surface area (Å²) in [5.41, 5.74) is 2.37. The largest absolute Gasteiger partial charge is 0.289 e. The Bertz CT molecular complexity index is 1150. The second kappa shape index (κ2) is 7.49. The lowest BCUT2D eigenvalue weighted by Crippen LogP contribution is -2.30. The number of allylic oxidation sites excluding steroid dienone is 1. The van der Waals surface area contributed by atoms with Gasteiger partial charge in [0.15, 0.2) is 11.6 Å². The molecule has 4 rings (SSSR count). The van der Waals surface area contributed by atoms with Gasteiger partial charge < -0.3 is 0 Å². The van der Waals surface area contributed by atoms with Crippen LogP contribution < -0.4 is 0 Å². The first-order valence-electron chi connectivity index (χ1n) is 8.77. The predicted octanol–water partition coefficient (Wildman–Crippen LogP) is 4.60. The summed E-state index contributed by atoms with van der Waals surface area (Å²) in [6.07, 6.45) is 1.30. The van der Waals surface area contributed by atoms with Gasteiger partial charge in [0, 0.05) is 34.9 Å². The summed E-state index contributed by atoms with van der Waals surface area (Å²) >= 11 is 0. The molecule has 142 valence electrons. The molecule has 7 heteroatoms. The number of rotatable bonds is 4. The zero-order chi connectivity index (χ0) is 20.4. The average molecular weight is 385 g/mol. The van der Waals surface area contributed by atoms with Crippen molar-refractivity contribution in [3.8, 4) is 0 Å². The minimum absolute atomic E-state index is 0.0977. The fraction of sp³-hybridized carbons (Fsp3) is 0. The van der Waals surface area contributed by atoms with Crippen LogP contribution >= 0.6 is 0 Å². The van der Waals surface area contributed by atoms with E-state index in [0.29, 0.717) is 22.6 Å². The van der Waals surface area contributed by atoms with Crippen molar-refractivity contribution in [3.05, 3.63) is 112 Å². The van der Waals surface area contributed by atoms with Gasteiger partial charge >= 0.3 is 0 Å². The van der Waals surface area contributed by atoms with Crippen molar-refractivity contribution in [1.82, 2.24) is 5.06 Å². The van der Waals surface area contributed by atoms with Gasteiger partial charge in [0.2, 0.25) is 0 Å². The molecule has 0 spiro atoms. The van der Waals surface area contributed by atoms with E-state index < -0.39 is 10.7 Å². The highest BCUT2D eigenvalue weighted by Crippen LogP contribution is 2.34. The molecule has 0 unspecified atom stereocenters. The number of fused-ring (bicyclic) bond motifs is 1. The topological polar surface area (TPSA) is 96.0 Å². The monoisotopic (exact) mass is 385 g/mol. The van der Waals surface area contributed by atoms with Crippen molar-refractivity contribution >= 4 is 28.7 Å². The molecule has 0 fully saturated rings. The number of benzene rings is 3. The standard InChI is InChI=1S/C22H15N3O4/c26-21(15-10-12-17(13-11-15)25(28)29)14-20-18-8-4-5-9-19(18)23-22(24(20)27)16-6-2-1-3-7-16/h1-14,27H/b20-14-. The molecule has 0 saturated carbocycles. The molecule has 0 bridgehead atoms. The van der Waals surface area contributed by atoms with Gasteiger partial charge in [-0.15, -0.1) is 0 Å². The maximum absolute atomic E-state index is 12.8. The number of nitro benzene ring substituents is 1. The van der Waals surface area contributed by atoms with Crippen LogP contribution in [0.3, 0.4) is 0 Å². The minimum Gasteiger partial charge on any atom is -0.289 e. The van der Waals surface area contributed by atoms with Crippen LogP contribution in [-0.2, 0) is 0 Å². The average Bonchev–Trinajstić information content (AvgIpc) is 2.76. The highest BCUT2D eigenvalue weighted by Gasteiger charge is 2.25. The van der Waals surface area contributed by atoms with Crippen LogP contribution in [0.2, 0.25) is 0 Å². The molecule has 0 amide bonds. The number of amidine groups is 1. The molecule has 0 saturated heterocycles. The number of carbonyl (C=O) groups is 1. The van der Waals surface area contributed by atoms with E-state index in [1.165, 1.54) is 30.3 Å². The van der Waals surface area contributed by atoms with Crippen LogP contribution in [0.1, 0.15) is 21.5 Å². The smallest absolute Gasteiger partial charge is 0.269 e. The third-order valence-corrected chi connectivity index (χ3v) is 4.50. The molecule has 1 heterocycles. The molecule has 1 N–H and O–H groups in total. The molecule has 29 heavy (non-hydrogen) atoms. The second-order valence-electron chi connectivity index (χ2n) is 6.33. The number of hydrogen-bond acceptors (Lipinski definition) is 6. The quantitative estimate of drug-likeness (QED) is 0.306. The Morgan fingerprint density at radius 2 is 1.62 bits per heavy atom. The highest BCUT2D eigenvalue weighted by atomic mass is 16.6. The molecule has 3 aromatic rings. The maximum atomic E-state index is 12.8. The molecule has 7 nitrogen and oxygen atoms in total. The summed E-state index contributed by atoms with van der Waals surface area (Å²) < 4.78 is 0. The van der Waals surface area contributed by atoms with Crippen molar-refractivity contribution in [3.63, 3.8) is 0 Å². The van der Waals surface area contributed by atoms with Crippen LogP contribution in [0.4, 0.5) is 11.4 Å². The van der Waals surface area contributed by atoms with Crippen LogP contribution in [0.5, 0.6) is 0 Å². The predicted molar refractivity (Wildman–Crippen MR) is 108 cm³/mol. The minimum atomic E-state index is -0.526. The van der Waals surface area contributed by atoms with Crippen LogP contribution in [0.25, 0.3) is 5.70 Å². The van der Waals surface area contributed by atoms with E-state index in [1.807, 2.05) is 36.4 Å². The van der Waals surface area contributed by atoms with Gasteiger partial charge in [-0.2, -0.15) is 0 Å². The summed E-state index contributed by atoms with van der Waals surface area (Å²) in [4.78, 5) is 27.6. The first-order valence-corrected chi connectivity index (χ1v) is 8.77. The number of carbonyl (C=O) groups excluding carboxylic acids is 1. The Balaban J connectivity index is 1.77. The van der Waals surface area contributed by atoms with E-state index in [4.69, 9.17) is 0 Å². The number of hydrogen-bond donors (Lipinski definition) is 1. The number of hydroxylamine groups is 2. The maximum Gasteiger partial charge on any atom is 0.269 e. The Hall–Kier alpha value is -4.10. The van der Waals surface area contributed by atoms with Crippen LogP contribution in [-0.4, -0.2) is 26.8 Å². The molecular formula is C22H15N3O4. The van der Waals surface area contributed by atoms with Crippen LogP contribution in [0, 0.1) is 10.1 Å². The van der Waals surface area contributed by atoms with Crippen molar-refractivity contribution in [2.45, 2.75) is 0 Å². The Morgan fingerprint density at radius 3 is 2.31 bits per heavy atom. The first kappa shape index (κ1) is 18.3. The molecular weight excluding hydrogens is 370 g/mol. The lowest BCUT2D eigenvalue weighted by atomic mass is 10.0. The fourth-order valence-electron chi connectivity index (χ4n) is 3.05. The van der Waals surface area contributed by atoms with Crippen LogP contribution in [0.15, 0.2) is 89.9 Å². The van der Waals surface area contributed by atoms with Gasteiger partial charge in [-0.1, -0.05) is 48.5 Å². The second-order valence-corrected chi connectivity index (χ2v) is 6.33. The summed E-state index contributed by atoms with van der Waals surface area (Å²) in [7, 11) is 0. The summed E-state index contributed by atoms with van der Waals surface area (Å²) in [6, 6.07) is 21.6. The van der Waals surface area contributed by atoms with Gasteiger partial charge in [-0.3, -0.25) is 20.1 Å². The number of para-hydroxylation sites is 1. The van der Waals surface area contributed by atoms with E-state index in [1.54, 1.807) is 18.2 Å². The van der Waals surface area contributed by atoms with Crippen molar-refractivity contribution in [2.24, 2.45) is 4.99 Å². The molecule has 0 aliphatic carbocycles.